The van der Waals surface area contributed by atoms with Crippen molar-refractivity contribution in [3.8, 4) is 0 Å². The monoisotopic (exact) mass is 522 g/mol. The van der Waals surface area contributed by atoms with Crippen LogP contribution in [0.15, 0.2) is 48.1 Å². The van der Waals surface area contributed by atoms with Gasteiger partial charge in [0.15, 0.2) is 5.54 Å². The molecule has 36 heavy (non-hydrogen) atoms. The quantitative estimate of drug-likeness (QED) is 0.149. The normalized spacial score (nSPS) is 21.2. The number of carbonyl (C=O) groups excluding carboxylic acids is 2. The number of nitrogens with zero attached hydrogens (tertiary/aromatic N) is 4. The molecule has 0 radical (unpaired) electrons. The lowest BCUT2D eigenvalue weighted by atomic mass is 9.85. The topological polar surface area (TPSA) is 163 Å². The van der Waals surface area contributed by atoms with E-state index in [1.165, 1.54) is 6.08 Å². The molecule has 0 aromatic heterocycles. The van der Waals surface area contributed by atoms with E-state index < -0.39 is 51.9 Å². The predicted octanol–water partition coefficient (Wildman–Crippen LogP) is 3.03. The van der Waals surface area contributed by atoms with Crippen molar-refractivity contribution in [3.63, 3.8) is 0 Å². The van der Waals surface area contributed by atoms with Crippen molar-refractivity contribution < 1.29 is 27.5 Å². The maximum Gasteiger partial charge on any atom is 0.407 e. The Morgan fingerprint density at radius 2 is 2.03 bits per heavy atom. The minimum absolute atomic E-state index is 0.0291. The van der Waals surface area contributed by atoms with Gasteiger partial charge in [-0.2, -0.15) is 17.4 Å². The molecule has 1 amide bonds. The van der Waals surface area contributed by atoms with Gasteiger partial charge in [-0.05, 0) is 51.1 Å². The van der Waals surface area contributed by atoms with E-state index in [1.54, 1.807) is 52.0 Å². The highest BCUT2D eigenvalue weighted by Crippen LogP contribution is 2.37. The Bertz CT molecular complexity index is 1080. The van der Waals surface area contributed by atoms with E-state index in [0.29, 0.717) is 0 Å². The summed E-state index contributed by atoms with van der Waals surface area (Å²) in [5.74, 6) is -1.49. The maximum absolute atomic E-state index is 13.2. The van der Waals surface area contributed by atoms with Crippen molar-refractivity contribution in [1.82, 2.24) is 14.3 Å². The molecule has 0 aliphatic carbocycles. The number of hydrogen-bond acceptors (Lipinski definition) is 7. The van der Waals surface area contributed by atoms with Crippen molar-refractivity contribution >= 4 is 22.3 Å². The van der Waals surface area contributed by atoms with Gasteiger partial charge in [-0.3, -0.25) is 4.79 Å². The molecule has 0 unspecified atom stereocenters. The number of esters is 1. The van der Waals surface area contributed by atoms with Crippen LogP contribution >= 0.6 is 0 Å². The fourth-order valence-electron chi connectivity index (χ4n) is 3.75. The first-order chi connectivity index (χ1) is 16.8. The summed E-state index contributed by atoms with van der Waals surface area (Å²) in [6, 6.07) is 8.26. The molecule has 1 aliphatic rings. The number of ether oxygens (including phenoxy) is 2. The molecule has 2 rings (SSSR count). The van der Waals surface area contributed by atoms with E-state index in [4.69, 9.17) is 9.47 Å². The standard InChI is InChI=1S/C23H34N6O6S/c1-6-10-19-14-29(36(32,33)26-17(2)13-25-21(31)35-22(3,4)5)16-23(19,27-28-24)20(30)34-15-18-11-8-7-9-12-18/h6-9,11-12,17,19,26H,1,10,13-16H2,2-5H3,(H,25,31)/t17-,19-,23+/m1/s1. The molecule has 1 aromatic rings. The maximum atomic E-state index is 13.2. The van der Waals surface area contributed by atoms with Crippen LogP contribution in [0.5, 0.6) is 0 Å². The first-order valence-corrected chi connectivity index (χ1v) is 12.9. The molecule has 198 valence electrons. The van der Waals surface area contributed by atoms with Gasteiger partial charge >= 0.3 is 12.1 Å². The highest BCUT2D eigenvalue weighted by Gasteiger charge is 2.55. The van der Waals surface area contributed by atoms with Gasteiger partial charge in [-0.15, -0.1) is 6.58 Å². The van der Waals surface area contributed by atoms with Gasteiger partial charge in [0.1, 0.15) is 12.2 Å². The number of nitrogens with one attached hydrogen (secondary N) is 2. The average Bonchev–Trinajstić information content (AvgIpc) is 3.16. The second kappa shape index (κ2) is 12.2. The Morgan fingerprint density at radius 3 is 2.61 bits per heavy atom. The summed E-state index contributed by atoms with van der Waals surface area (Å²) < 4.78 is 40.4. The summed E-state index contributed by atoms with van der Waals surface area (Å²) >= 11 is 0. The zero-order valence-corrected chi connectivity index (χ0v) is 21.8. The van der Waals surface area contributed by atoms with Gasteiger partial charge in [-0.1, -0.05) is 41.5 Å². The summed E-state index contributed by atoms with van der Waals surface area (Å²) in [4.78, 5) is 27.9. The lowest BCUT2D eigenvalue weighted by molar-refractivity contribution is -0.152. The smallest absolute Gasteiger partial charge is 0.407 e. The largest absolute Gasteiger partial charge is 0.460 e. The minimum Gasteiger partial charge on any atom is -0.460 e. The average molecular weight is 523 g/mol. The SMILES string of the molecule is C=CC[C@@H]1CN(S(=O)(=O)N[C@H](C)CNC(=O)OC(C)(C)C)C[C@@]1(N=[N+]=[N-])C(=O)OCc1ccccc1. The Morgan fingerprint density at radius 1 is 1.36 bits per heavy atom. The Hall–Kier alpha value is -3.12. The van der Waals surface area contributed by atoms with Crippen LogP contribution in [-0.4, -0.2) is 61.6 Å². The molecular formula is C23H34N6O6S. The van der Waals surface area contributed by atoms with Gasteiger partial charge in [0.05, 0.1) is 0 Å². The summed E-state index contributed by atoms with van der Waals surface area (Å²) in [5, 5.41) is 6.26. The Kier molecular flexibility index (Phi) is 9.88. The van der Waals surface area contributed by atoms with Crippen LogP contribution in [0.1, 0.15) is 39.7 Å². The number of carbonyl (C=O) groups is 2. The van der Waals surface area contributed by atoms with Gasteiger partial charge in [0, 0.05) is 30.6 Å². The van der Waals surface area contributed by atoms with Crippen LogP contribution < -0.4 is 10.0 Å². The molecule has 12 nitrogen and oxygen atoms in total. The molecule has 2 N–H and O–H groups in total. The van der Waals surface area contributed by atoms with Gasteiger partial charge in [0.25, 0.3) is 10.2 Å². The third-order valence-electron chi connectivity index (χ3n) is 5.40. The van der Waals surface area contributed by atoms with Crippen molar-refractivity contribution in [1.29, 1.82) is 0 Å². The third-order valence-corrected chi connectivity index (χ3v) is 7.06. The highest BCUT2D eigenvalue weighted by atomic mass is 32.2. The second-order valence-electron chi connectivity index (χ2n) is 9.60. The van der Waals surface area contributed by atoms with Crippen molar-refractivity contribution in [3.05, 3.63) is 59.0 Å². The second-order valence-corrected chi connectivity index (χ2v) is 11.3. The highest BCUT2D eigenvalue weighted by molar-refractivity contribution is 7.87. The first-order valence-electron chi connectivity index (χ1n) is 11.5. The molecule has 3 atom stereocenters. The van der Waals surface area contributed by atoms with Crippen molar-refractivity contribution in [2.75, 3.05) is 19.6 Å². The van der Waals surface area contributed by atoms with Crippen LogP contribution in [0.4, 0.5) is 4.79 Å². The van der Waals surface area contributed by atoms with Crippen LogP contribution in [0.3, 0.4) is 0 Å². The van der Waals surface area contributed by atoms with E-state index in [-0.39, 0.29) is 26.1 Å². The van der Waals surface area contributed by atoms with Gasteiger partial charge < -0.3 is 14.8 Å². The van der Waals surface area contributed by atoms with E-state index in [2.05, 4.69) is 26.6 Å². The van der Waals surface area contributed by atoms with E-state index in [9.17, 15) is 23.5 Å². The van der Waals surface area contributed by atoms with Crippen LogP contribution in [0.25, 0.3) is 10.4 Å². The van der Waals surface area contributed by atoms with Crippen LogP contribution in [0.2, 0.25) is 0 Å². The molecule has 1 saturated heterocycles. The van der Waals surface area contributed by atoms with E-state index >= 15 is 0 Å². The summed E-state index contributed by atoms with van der Waals surface area (Å²) in [6.45, 7) is 9.83. The summed E-state index contributed by atoms with van der Waals surface area (Å²) in [7, 11) is -4.12. The minimum atomic E-state index is -4.12. The van der Waals surface area contributed by atoms with Crippen molar-refractivity contribution in [2.24, 2.45) is 11.0 Å². The number of azide groups is 1. The number of hydrogen-bond donors (Lipinski definition) is 2. The third kappa shape index (κ3) is 7.95. The Labute approximate surface area is 211 Å². The number of amides is 1. The number of alkyl carbamates (subject to hydrolysis) is 1. The van der Waals surface area contributed by atoms with Gasteiger partial charge in [0.2, 0.25) is 0 Å². The van der Waals surface area contributed by atoms with E-state index in [1.807, 2.05) is 6.07 Å². The number of allylic oxidation sites excluding steroid dienone is 1. The molecular weight excluding hydrogens is 488 g/mol. The molecule has 0 spiro atoms. The predicted molar refractivity (Wildman–Crippen MR) is 134 cm³/mol. The van der Waals surface area contributed by atoms with Crippen LogP contribution in [0, 0.1) is 5.92 Å². The molecule has 1 aliphatic heterocycles. The molecule has 1 aromatic carbocycles. The lowest BCUT2D eigenvalue weighted by Crippen LogP contribution is -2.50. The molecule has 0 saturated carbocycles. The number of benzene rings is 1. The fraction of sp³-hybridized carbons (Fsp3) is 0.565. The first kappa shape index (κ1) is 29.1. The lowest BCUT2D eigenvalue weighted by Gasteiger charge is -2.27. The Balaban J connectivity index is 2.14. The zero-order chi connectivity index (χ0) is 27.0. The van der Waals surface area contributed by atoms with Gasteiger partial charge in [-0.25, -0.2) is 4.79 Å². The molecule has 0 bridgehead atoms. The van der Waals surface area contributed by atoms with E-state index in [0.717, 1.165) is 9.87 Å². The number of rotatable bonds is 11. The zero-order valence-electron chi connectivity index (χ0n) is 21.0. The molecule has 1 heterocycles. The van der Waals surface area contributed by atoms with Crippen molar-refractivity contribution in [2.45, 2.75) is 57.9 Å². The fourth-order valence-corrected chi connectivity index (χ4v) is 5.23. The molecule has 13 heteroatoms. The molecule has 1 fully saturated rings. The summed E-state index contributed by atoms with van der Waals surface area (Å²) in [6.07, 6.45) is 1.08. The summed E-state index contributed by atoms with van der Waals surface area (Å²) in [5.41, 5.74) is 7.52. The van der Waals surface area contributed by atoms with Crippen LogP contribution in [-0.2, 0) is 31.1 Å².